The highest BCUT2D eigenvalue weighted by Crippen LogP contribution is 2.59. The summed E-state index contributed by atoms with van der Waals surface area (Å²) in [5.41, 5.74) is 4.12. The second-order valence-electron chi connectivity index (χ2n) is 14.9. The minimum absolute atomic E-state index is 0.0494. The molecule has 0 aliphatic heterocycles. The molecule has 53 heavy (non-hydrogen) atoms. The largest absolute Gasteiger partial charge is 0.351 e. The van der Waals surface area contributed by atoms with E-state index in [0.29, 0.717) is 51.6 Å². The summed E-state index contributed by atoms with van der Waals surface area (Å²) in [6.45, 7) is 0.558. The number of carbonyl (C=O) groups is 3. The SMILES string of the molecule is O=C(NCC(C(=O)Nc1cc(-c2nnn[nH]2)cc(-c2nnn[nH]2)c1)c1ccccc1)c1cc2nc[nH]c2cc1C(=O)NCC12CC3CC(CC(C3)C1)C2. The zero-order valence-electron chi connectivity index (χ0n) is 28.7. The Kier molecular flexibility index (Phi) is 8.20. The first-order valence-electron chi connectivity index (χ1n) is 17.9. The second kappa shape index (κ2) is 13.3. The Labute approximate surface area is 302 Å². The van der Waals surface area contributed by atoms with Crippen LogP contribution in [0.15, 0.2) is 67.0 Å². The number of H-pyrrole nitrogens is 3. The van der Waals surface area contributed by atoms with E-state index in [1.165, 1.54) is 25.6 Å². The molecule has 3 amide bonds. The number of aromatic amines is 3. The third-order valence-electron chi connectivity index (χ3n) is 11.3. The van der Waals surface area contributed by atoms with Crippen LogP contribution in [0.25, 0.3) is 33.8 Å². The Balaban J connectivity index is 0.955. The molecule has 6 N–H and O–H groups in total. The van der Waals surface area contributed by atoms with Crippen LogP contribution in [-0.2, 0) is 4.79 Å². The molecule has 16 nitrogen and oxygen atoms in total. The number of amides is 3. The van der Waals surface area contributed by atoms with Crippen molar-refractivity contribution in [3.8, 4) is 22.8 Å². The molecule has 16 heteroatoms. The molecule has 10 rings (SSSR count). The summed E-state index contributed by atoms with van der Waals surface area (Å²) in [7, 11) is 0. The highest BCUT2D eigenvalue weighted by molar-refractivity contribution is 6.10. The fourth-order valence-corrected chi connectivity index (χ4v) is 9.33. The lowest BCUT2D eigenvalue weighted by molar-refractivity contribution is -0.117. The number of rotatable bonds is 11. The van der Waals surface area contributed by atoms with Crippen LogP contribution in [0.4, 0.5) is 5.69 Å². The van der Waals surface area contributed by atoms with Crippen molar-refractivity contribution in [2.45, 2.75) is 44.4 Å². The standard InChI is InChI=1S/C37H37N13O3/c51-34(27-12-30-31(41-19-40-30)13-28(27)35(52)39-18-37-14-20-6-21(15-37)8-22(7-20)16-37)38-17-29(23-4-2-1-3-5-23)36(53)42-26-10-24(32-43-47-48-44-32)9-25(11-26)33-45-49-50-46-33/h1-5,9-13,19-22,29H,6-8,14-18H2,(H,38,51)(H,39,52)(H,40,41)(H,42,53)(H,43,44,47,48)(H,45,46,49,50). The van der Waals surface area contributed by atoms with Gasteiger partial charge in [-0.3, -0.25) is 14.4 Å². The van der Waals surface area contributed by atoms with E-state index in [2.05, 4.69) is 67.2 Å². The number of fused-ring (bicyclic) bond motifs is 1. The monoisotopic (exact) mass is 711 g/mol. The van der Waals surface area contributed by atoms with E-state index in [1.807, 2.05) is 30.3 Å². The number of anilines is 1. The Morgan fingerprint density at radius 2 is 1.40 bits per heavy atom. The molecule has 1 unspecified atom stereocenters. The first-order valence-corrected chi connectivity index (χ1v) is 17.9. The molecule has 1 atom stereocenters. The number of nitrogens with zero attached hydrogens (tertiary/aromatic N) is 7. The van der Waals surface area contributed by atoms with Crippen molar-refractivity contribution in [1.82, 2.24) is 61.8 Å². The number of imidazole rings is 1. The molecule has 4 saturated carbocycles. The summed E-state index contributed by atoms with van der Waals surface area (Å²) in [5, 5.41) is 37.3. The van der Waals surface area contributed by atoms with Crippen LogP contribution in [0.2, 0.25) is 0 Å². The zero-order chi connectivity index (χ0) is 35.9. The first-order chi connectivity index (χ1) is 25.9. The molecule has 4 aliphatic carbocycles. The van der Waals surface area contributed by atoms with Gasteiger partial charge >= 0.3 is 0 Å². The molecule has 4 aliphatic rings. The molecule has 0 saturated heterocycles. The summed E-state index contributed by atoms with van der Waals surface area (Å²) in [6, 6.07) is 17.7. The van der Waals surface area contributed by atoms with Crippen LogP contribution in [0.5, 0.6) is 0 Å². The second-order valence-corrected chi connectivity index (χ2v) is 14.9. The zero-order valence-corrected chi connectivity index (χ0v) is 28.7. The lowest BCUT2D eigenvalue weighted by Gasteiger charge is -2.56. The van der Waals surface area contributed by atoms with E-state index in [0.717, 1.165) is 37.0 Å². The van der Waals surface area contributed by atoms with Gasteiger partial charge in [-0.05, 0) is 118 Å². The van der Waals surface area contributed by atoms with Crippen LogP contribution in [-0.4, -0.2) is 82.0 Å². The number of aromatic nitrogens is 10. The van der Waals surface area contributed by atoms with E-state index < -0.39 is 11.8 Å². The van der Waals surface area contributed by atoms with Gasteiger partial charge in [0.25, 0.3) is 11.8 Å². The van der Waals surface area contributed by atoms with Crippen molar-refractivity contribution in [1.29, 1.82) is 0 Å². The molecule has 3 heterocycles. The van der Waals surface area contributed by atoms with Gasteiger partial charge in [0.05, 0.1) is 34.4 Å². The number of hydrogen-bond acceptors (Lipinski definition) is 10. The Morgan fingerprint density at radius 3 is 2.02 bits per heavy atom. The summed E-state index contributed by atoms with van der Waals surface area (Å²) in [5.74, 6) is 1.11. The number of nitrogens with one attached hydrogen (secondary N) is 6. The van der Waals surface area contributed by atoms with Gasteiger partial charge in [0, 0.05) is 29.9 Å². The minimum atomic E-state index is -0.798. The molecule has 3 aromatic heterocycles. The van der Waals surface area contributed by atoms with E-state index >= 15 is 0 Å². The molecule has 0 spiro atoms. The van der Waals surface area contributed by atoms with Gasteiger partial charge in [-0.25, -0.2) is 15.2 Å². The third kappa shape index (κ3) is 6.51. The van der Waals surface area contributed by atoms with Crippen molar-refractivity contribution in [2.75, 3.05) is 18.4 Å². The highest BCUT2D eigenvalue weighted by atomic mass is 16.2. The van der Waals surface area contributed by atoms with Crippen LogP contribution >= 0.6 is 0 Å². The summed E-state index contributed by atoms with van der Waals surface area (Å²) < 4.78 is 0. The maximum atomic E-state index is 14.1. The molecular formula is C37H37N13O3. The predicted octanol–water partition coefficient (Wildman–Crippen LogP) is 4.02. The van der Waals surface area contributed by atoms with Gasteiger partial charge in [0.2, 0.25) is 5.91 Å². The lowest BCUT2D eigenvalue weighted by atomic mass is 9.49. The van der Waals surface area contributed by atoms with Crippen LogP contribution in [0, 0.1) is 23.2 Å². The predicted molar refractivity (Wildman–Crippen MR) is 192 cm³/mol. The van der Waals surface area contributed by atoms with Gasteiger partial charge in [0.15, 0.2) is 11.6 Å². The molecule has 268 valence electrons. The fraction of sp³-hybridized carbons (Fsp3) is 0.351. The molecule has 4 fully saturated rings. The molecule has 6 aromatic rings. The Hall–Kier alpha value is -6.32. The van der Waals surface area contributed by atoms with E-state index in [9.17, 15) is 14.4 Å². The maximum absolute atomic E-state index is 14.1. The summed E-state index contributed by atoms with van der Waals surface area (Å²) in [6.07, 6.45) is 9.00. The smallest absolute Gasteiger partial charge is 0.252 e. The van der Waals surface area contributed by atoms with Gasteiger partial charge < -0.3 is 20.9 Å². The van der Waals surface area contributed by atoms with Gasteiger partial charge in [-0.2, -0.15) is 0 Å². The minimum Gasteiger partial charge on any atom is -0.351 e. The number of tetrazole rings is 2. The van der Waals surface area contributed by atoms with E-state index in [-0.39, 0.29) is 34.9 Å². The third-order valence-corrected chi connectivity index (χ3v) is 11.3. The molecular weight excluding hydrogens is 674 g/mol. The molecule has 0 radical (unpaired) electrons. The topological polar surface area (TPSA) is 225 Å². The normalized spacial score (nSPS) is 22.1. The number of benzene rings is 3. The van der Waals surface area contributed by atoms with Crippen LogP contribution in [0.3, 0.4) is 0 Å². The van der Waals surface area contributed by atoms with Crippen molar-refractivity contribution in [3.05, 3.63) is 83.7 Å². The van der Waals surface area contributed by atoms with Gasteiger partial charge in [-0.1, -0.05) is 30.3 Å². The van der Waals surface area contributed by atoms with Crippen LogP contribution in [0.1, 0.15) is 70.7 Å². The van der Waals surface area contributed by atoms with Gasteiger partial charge in [0.1, 0.15) is 0 Å². The lowest BCUT2D eigenvalue weighted by Crippen LogP contribution is -2.51. The number of carbonyl (C=O) groups excluding carboxylic acids is 3. The highest BCUT2D eigenvalue weighted by Gasteiger charge is 2.50. The molecule has 4 bridgehead atoms. The van der Waals surface area contributed by atoms with E-state index in [4.69, 9.17) is 0 Å². The fourth-order valence-electron chi connectivity index (χ4n) is 9.33. The summed E-state index contributed by atoms with van der Waals surface area (Å²) in [4.78, 5) is 49.4. The van der Waals surface area contributed by atoms with Crippen molar-refractivity contribution in [3.63, 3.8) is 0 Å². The average molecular weight is 712 g/mol. The van der Waals surface area contributed by atoms with Crippen molar-refractivity contribution >= 4 is 34.4 Å². The Bertz CT molecular complexity index is 2200. The Morgan fingerprint density at radius 1 is 0.774 bits per heavy atom. The average Bonchev–Trinajstić information content (AvgIpc) is 3.97. The van der Waals surface area contributed by atoms with Crippen molar-refractivity contribution < 1.29 is 14.4 Å². The maximum Gasteiger partial charge on any atom is 0.252 e. The van der Waals surface area contributed by atoms with E-state index in [1.54, 1.807) is 30.3 Å². The van der Waals surface area contributed by atoms with Crippen LogP contribution < -0.4 is 16.0 Å². The number of hydrogen-bond donors (Lipinski definition) is 6. The first kappa shape index (κ1) is 32.6. The summed E-state index contributed by atoms with van der Waals surface area (Å²) >= 11 is 0. The van der Waals surface area contributed by atoms with Gasteiger partial charge in [-0.15, -0.1) is 10.2 Å². The van der Waals surface area contributed by atoms with Crippen molar-refractivity contribution in [2.24, 2.45) is 23.2 Å². The quantitative estimate of drug-likeness (QED) is 0.113. The molecule has 3 aromatic carbocycles.